The highest BCUT2D eigenvalue weighted by Crippen LogP contribution is 2.37. The molecule has 202 valence electrons. The van der Waals surface area contributed by atoms with Gasteiger partial charge in [0, 0.05) is 36.3 Å². The predicted molar refractivity (Wildman–Crippen MR) is 144 cm³/mol. The smallest absolute Gasteiger partial charge is 0.284 e. The largest absolute Gasteiger partial charge is 0.453 e. The molecule has 1 saturated carbocycles. The van der Waals surface area contributed by atoms with Crippen LogP contribution in [0.5, 0.6) is 11.5 Å². The van der Waals surface area contributed by atoms with Gasteiger partial charge in [0.2, 0.25) is 0 Å². The summed E-state index contributed by atoms with van der Waals surface area (Å²) in [5.74, 6) is -0.431. The molecule has 6 rings (SSSR count). The highest BCUT2D eigenvalue weighted by Gasteiger charge is 2.27. The Morgan fingerprint density at radius 2 is 1.85 bits per heavy atom. The summed E-state index contributed by atoms with van der Waals surface area (Å²) < 4.78 is 35.2. The molecule has 40 heavy (non-hydrogen) atoms. The number of rotatable bonds is 7. The molecule has 0 atom stereocenters. The minimum atomic E-state index is -0.758. The quantitative estimate of drug-likeness (QED) is 0.263. The van der Waals surface area contributed by atoms with Crippen molar-refractivity contribution in [3.8, 4) is 17.2 Å². The number of hydrogen-bond donors (Lipinski definition) is 3. The van der Waals surface area contributed by atoms with E-state index < -0.39 is 23.1 Å². The first-order valence-electron chi connectivity index (χ1n) is 12.6. The van der Waals surface area contributed by atoms with Crippen molar-refractivity contribution in [3.63, 3.8) is 0 Å². The molecule has 0 spiro atoms. The number of H-pyrrole nitrogens is 1. The Balaban J connectivity index is 1.21. The summed E-state index contributed by atoms with van der Waals surface area (Å²) in [4.78, 5) is 30.0. The van der Waals surface area contributed by atoms with Crippen LogP contribution in [0, 0.1) is 17.6 Å². The van der Waals surface area contributed by atoms with Crippen molar-refractivity contribution in [3.05, 3.63) is 94.5 Å². The SMILES string of the molecule is CC1CC(Nc2n[nH]c3nccc(Oc4ccc(NC(=O)c5ccnn(-c6ccc(F)cc6)c5=O)cc4F)c23)C1. The van der Waals surface area contributed by atoms with Crippen molar-refractivity contribution < 1.29 is 18.3 Å². The van der Waals surface area contributed by atoms with Crippen LogP contribution in [0.15, 0.2) is 71.8 Å². The lowest BCUT2D eigenvalue weighted by Gasteiger charge is -2.33. The van der Waals surface area contributed by atoms with E-state index >= 15 is 4.39 Å². The summed E-state index contributed by atoms with van der Waals surface area (Å²) in [7, 11) is 0. The van der Waals surface area contributed by atoms with Gasteiger partial charge in [-0.1, -0.05) is 6.92 Å². The molecule has 0 radical (unpaired) electrons. The van der Waals surface area contributed by atoms with E-state index in [4.69, 9.17) is 4.74 Å². The number of halogens is 2. The highest BCUT2D eigenvalue weighted by molar-refractivity contribution is 6.04. The van der Waals surface area contributed by atoms with Gasteiger partial charge in [0.25, 0.3) is 11.5 Å². The van der Waals surface area contributed by atoms with Crippen molar-refractivity contribution in [2.75, 3.05) is 10.6 Å². The second-order valence-electron chi connectivity index (χ2n) is 9.66. The molecule has 0 aliphatic heterocycles. The second-order valence-corrected chi connectivity index (χ2v) is 9.66. The van der Waals surface area contributed by atoms with Gasteiger partial charge in [-0.15, -0.1) is 0 Å². The van der Waals surface area contributed by atoms with Crippen molar-refractivity contribution in [2.24, 2.45) is 5.92 Å². The molecule has 3 N–H and O–H groups in total. The third-order valence-electron chi connectivity index (χ3n) is 6.71. The Morgan fingerprint density at radius 1 is 1.05 bits per heavy atom. The molecule has 1 fully saturated rings. The Morgan fingerprint density at radius 3 is 2.60 bits per heavy atom. The van der Waals surface area contributed by atoms with E-state index in [9.17, 15) is 14.0 Å². The molecule has 12 heteroatoms. The number of nitrogens with one attached hydrogen (secondary N) is 3. The lowest BCUT2D eigenvalue weighted by Crippen LogP contribution is -2.33. The summed E-state index contributed by atoms with van der Waals surface area (Å²) in [5, 5.41) is 17.6. The Labute approximate surface area is 226 Å². The van der Waals surface area contributed by atoms with E-state index in [1.54, 1.807) is 6.07 Å². The molecule has 10 nitrogen and oxygen atoms in total. The van der Waals surface area contributed by atoms with Crippen LogP contribution in [-0.4, -0.2) is 36.9 Å². The van der Waals surface area contributed by atoms with Crippen LogP contribution < -0.4 is 20.9 Å². The van der Waals surface area contributed by atoms with E-state index in [1.807, 2.05) is 0 Å². The number of aromatic amines is 1. The molecule has 1 aliphatic rings. The summed E-state index contributed by atoms with van der Waals surface area (Å²) in [5.41, 5.74) is -0.0314. The molecular weight excluding hydrogens is 520 g/mol. The number of carbonyl (C=O) groups excluding carboxylic acids is 1. The second kappa shape index (κ2) is 10.2. The molecule has 3 heterocycles. The minimum Gasteiger partial charge on any atom is -0.453 e. The van der Waals surface area contributed by atoms with Gasteiger partial charge < -0.3 is 15.4 Å². The lowest BCUT2D eigenvalue weighted by molar-refractivity contribution is 0.102. The summed E-state index contributed by atoms with van der Waals surface area (Å²) in [6.07, 6.45) is 4.88. The lowest BCUT2D eigenvalue weighted by atomic mass is 9.82. The van der Waals surface area contributed by atoms with Crippen LogP contribution in [0.25, 0.3) is 16.7 Å². The van der Waals surface area contributed by atoms with Gasteiger partial charge in [-0.3, -0.25) is 14.7 Å². The summed E-state index contributed by atoms with van der Waals surface area (Å²) >= 11 is 0. The van der Waals surface area contributed by atoms with E-state index in [-0.39, 0.29) is 22.7 Å². The molecule has 5 aromatic rings. The molecule has 2 aromatic carbocycles. The predicted octanol–water partition coefficient (Wildman–Crippen LogP) is 5.04. The topological polar surface area (TPSA) is 127 Å². The zero-order valence-corrected chi connectivity index (χ0v) is 21.2. The van der Waals surface area contributed by atoms with Gasteiger partial charge in [0.05, 0.1) is 5.69 Å². The third-order valence-corrected chi connectivity index (χ3v) is 6.71. The first-order chi connectivity index (χ1) is 19.4. The molecule has 1 amide bonds. The van der Waals surface area contributed by atoms with Gasteiger partial charge in [-0.2, -0.15) is 14.9 Å². The first-order valence-corrected chi connectivity index (χ1v) is 12.6. The number of hydrogen-bond acceptors (Lipinski definition) is 7. The fourth-order valence-corrected chi connectivity index (χ4v) is 4.66. The maximum absolute atomic E-state index is 15.1. The average molecular weight is 544 g/mol. The van der Waals surface area contributed by atoms with Crippen LogP contribution in [0.1, 0.15) is 30.1 Å². The number of ether oxygens (including phenoxy) is 1. The Bertz CT molecular complexity index is 1780. The first kappa shape index (κ1) is 25.2. The van der Waals surface area contributed by atoms with Gasteiger partial charge in [0.1, 0.15) is 22.5 Å². The standard InChI is InChI=1S/C28H23F2N7O3/c1-15-12-18(13-15)33-26-24-23(9-10-31-25(24)35-36-26)40-22-7-4-17(14-21(22)30)34-27(38)20-8-11-32-37(28(20)39)19-5-2-16(29)3-6-19/h2-11,14-15,18H,12-13H2,1H3,(H,34,38)(H2,31,33,35,36). The van der Waals surface area contributed by atoms with Crippen LogP contribution in [0.2, 0.25) is 0 Å². The Kier molecular flexibility index (Phi) is 6.42. The summed E-state index contributed by atoms with van der Waals surface area (Å²) in [6, 6.07) is 12.2. The van der Waals surface area contributed by atoms with Gasteiger partial charge in [0.15, 0.2) is 23.0 Å². The number of aromatic nitrogens is 5. The zero-order valence-electron chi connectivity index (χ0n) is 21.2. The maximum atomic E-state index is 15.1. The molecule has 3 aromatic heterocycles. The number of carbonyl (C=O) groups is 1. The minimum absolute atomic E-state index is 0.0718. The van der Waals surface area contributed by atoms with Crippen molar-refractivity contribution in [1.29, 1.82) is 0 Å². The van der Waals surface area contributed by atoms with Crippen molar-refractivity contribution in [1.82, 2.24) is 25.0 Å². The number of anilines is 2. The van der Waals surface area contributed by atoms with Crippen molar-refractivity contribution >= 4 is 28.4 Å². The van der Waals surface area contributed by atoms with Gasteiger partial charge in [-0.05, 0) is 61.2 Å². The summed E-state index contributed by atoms with van der Waals surface area (Å²) in [6.45, 7) is 2.19. The number of nitrogens with zero attached hydrogens (tertiary/aromatic N) is 4. The molecule has 0 saturated heterocycles. The zero-order chi connectivity index (χ0) is 27.8. The van der Waals surface area contributed by atoms with E-state index in [0.29, 0.717) is 34.6 Å². The number of pyridine rings is 1. The van der Waals surface area contributed by atoms with E-state index in [0.717, 1.165) is 23.6 Å². The monoisotopic (exact) mass is 543 g/mol. The fourth-order valence-electron chi connectivity index (χ4n) is 4.66. The maximum Gasteiger partial charge on any atom is 0.284 e. The van der Waals surface area contributed by atoms with Crippen LogP contribution in [0.3, 0.4) is 0 Å². The average Bonchev–Trinajstić information content (AvgIpc) is 3.34. The number of benzene rings is 2. The van der Waals surface area contributed by atoms with Gasteiger partial charge >= 0.3 is 0 Å². The molecule has 1 aliphatic carbocycles. The molecular formula is C28H23F2N7O3. The van der Waals surface area contributed by atoms with Crippen molar-refractivity contribution in [2.45, 2.75) is 25.8 Å². The van der Waals surface area contributed by atoms with Gasteiger partial charge in [-0.25, -0.2) is 13.8 Å². The van der Waals surface area contributed by atoms with E-state index in [1.165, 1.54) is 54.9 Å². The van der Waals surface area contributed by atoms with Crippen LogP contribution >= 0.6 is 0 Å². The molecule has 0 unspecified atom stereocenters. The van der Waals surface area contributed by atoms with Crippen LogP contribution in [-0.2, 0) is 0 Å². The highest BCUT2D eigenvalue weighted by atomic mass is 19.1. The fraction of sp³-hybridized carbons (Fsp3) is 0.179. The number of fused-ring (bicyclic) bond motifs is 1. The van der Waals surface area contributed by atoms with Crippen LogP contribution in [0.4, 0.5) is 20.3 Å². The Hall–Kier alpha value is -5.13. The van der Waals surface area contributed by atoms with E-state index in [2.05, 4.69) is 37.8 Å². The normalized spacial score (nSPS) is 16.4. The molecule has 0 bridgehead atoms. The number of amides is 1. The third kappa shape index (κ3) is 4.86.